The molecule has 0 fully saturated rings. The number of amides is 2. The lowest BCUT2D eigenvalue weighted by Crippen LogP contribution is -2.44. The van der Waals surface area contributed by atoms with Gasteiger partial charge in [-0.1, -0.05) is 79.6 Å². The van der Waals surface area contributed by atoms with Crippen molar-refractivity contribution in [3.05, 3.63) is 107 Å². The normalized spacial score (nSPS) is 11.0. The summed E-state index contributed by atoms with van der Waals surface area (Å²) >= 11 is 0. The number of fused-ring (bicyclic) bond motifs is 1. The van der Waals surface area contributed by atoms with E-state index in [9.17, 15) is 9.59 Å². The van der Waals surface area contributed by atoms with E-state index in [1.807, 2.05) is 54.4 Å². The predicted octanol–water partition coefficient (Wildman–Crippen LogP) is 6.30. The molecule has 0 spiro atoms. The maximum Gasteiger partial charge on any atom is 0.254 e. The topological polar surface area (TPSA) is 56.4 Å². The number of benzene rings is 3. The Labute approximate surface area is 220 Å². The van der Waals surface area contributed by atoms with Gasteiger partial charge in [0.05, 0.1) is 0 Å². The van der Waals surface area contributed by atoms with Gasteiger partial charge in [-0.3, -0.25) is 9.59 Å². The van der Waals surface area contributed by atoms with Gasteiger partial charge in [-0.05, 0) is 55.5 Å². The van der Waals surface area contributed by atoms with Gasteiger partial charge in [-0.25, -0.2) is 0 Å². The Bertz CT molecular complexity index is 1340. The van der Waals surface area contributed by atoms with Gasteiger partial charge in [0.15, 0.2) is 0 Å². The molecule has 0 aliphatic rings. The maximum absolute atomic E-state index is 13.8. The molecule has 0 saturated carbocycles. The third-order valence-electron chi connectivity index (χ3n) is 6.94. The third-order valence-corrected chi connectivity index (χ3v) is 6.94. The highest BCUT2D eigenvalue weighted by Gasteiger charge is 2.23. The number of aromatic nitrogens is 1. The number of nitrogens with one attached hydrogen (secondary N) is 1. The quantitative estimate of drug-likeness (QED) is 0.266. The third kappa shape index (κ3) is 6.67. The van der Waals surface area contributed by atoms with E-state index in [-0.39, 0.29) is 18.4 Å². The second-order valence-electron chi connectivity index (χ2n) is 9.81. The van der Waals surface area contributed by atoms with Crippen molar-refractivity contribution in [2.45, 2.75) is 46.6 Å². The SMILES string of the molecule is CCCCN(CC(=O)N(CCc1c[nH]c2ccccc12)Cc1ccc(C)cc1)C(=O)c1ccccc1C. The summed E-state index contributed by atoms with van der Waals surface area (Å²) < 4.78 is 0. The van der Waals surface area contributed by atoms with Crippen molar-refractivity contribution in [1.82, 2.24) is 14.8 Å². The average molecular weight is 496 g/mol. The lowest BCUT2D eigenvalue weighted by Gasteiger charge is -2.28. The molecule has 192 valence electrons. The smallest absolute Gasteiger partial charge is 0.254 e. The summed E-state index contributed by atoms with van der Waals surface area (Å²) in [5.74, 6) is -0.106. The van der Waals surface area contributed by atoms with Gasteiger partial charge >= 0.3 is 0 Å². The summed E-state index contributed by atoms with van der Waals surface area (Å²) in [6.45, 7) is 7.84. The van der Waals surface area contributed by atoms with Gasteiger partial charge in [-0.2, -0.15) is 0 Å². The lowest BCUT2D eigenvalue weighted by molar-refractivity contribution is -0.132. The van der Waals surface area contributed by atoms with E-state index in [2.05, 4.69) is 55.2 Å². The van der Waals surface area contributed by atoms with Crippen LogP contribution in [-0.4, -0.2) is 46.2 Å². The number of nitrogens with zero attached hydrogens (tertiary/aromatic N) is 2. The average Bonchev–Trinajstić information content (AvgIpc) is 3.33. The van der Waals surface area contributed by atoms with Crippen LogP contribution in [-0.2, 0) is 17.8 Å². The molecule has 1 N–H and O–H groups in total. The molecule has 4 rings (SSSR count). The van der Waals surface area contributed by atoms with Crippen LogP contribution in [0.1, 0.15) is 52.4 Å². The maximum atomic E-state index is 13.8. The zero-order chi connectivity index (χ0) is 26.2. The molecular weight excluding hydrogens is 458 g/mol. The van der Waals surface area contributed by atoms with E-state index in [4.69, 9.17) is 0 Å². The molecule has 37 heavy (non-hydrogen) atoms. The van der Waals surface area contributed by atoms with Crippen LogP contribution < -0.4 is 0 Å². The van der Waals surface area contributed by atoms with Gasteiger partial charge in [-0.15, -0.1) is 0 Å². The molecule has 0 bridgehead atoms. The van der Waals surface area contributed by atoms with Crippen molar-refractivity contribution in [1.29, 1.82) is 0 Å². The number of aromatic amines is 1. The Balaban J connectivity index is 1.55. The summed E-state index contributed by atoms with van der Waals surface area (Å²) in [5.41, 5.74) is 6.16. The van der Waals surface area contributed by atoms with Crippen molar-refractivity contribution in [3.8, 4) is 0 Å². The van der Waals surface area contributed by atoms with Gasteiger partial charge in [0.25, 0.3) is 5.91 Å². The molecule has 1 aromatic heterocycles. The number of unbranched alkanes of at least 4 members (excludes halogenated alkanes) is 1. The summed E-state index contributed by atoms with van der Waals surface area (Å²) in [5, 5.41) is 1.18. The first-order valence-electron chi connectivity index (χ1n) is 13.2. The number of aryl methyl sites for hydroxylation is 2. The molecule has 0 unspecified atom stereocenters. The fourth-order valence-corrected chi connectivity index (χ4v) is 4.65. The lowest BCUT2D eigenvalue weighted by atomic mass is 10.1. The van der Waals surface area contributed by atoms with Crippen LogP contribution in [0.5, 0.6) is 0 Å². The van der Waals surface area contributed by atoms with Crippen molar-refractivity contribution in [2.24, 2.45) is 0 Å². The van der Waals surface area contributed by atoms with Gasteiger partial charge in [0.2, 0.25) is 5.91 Å². The minimum atomic E-state index is -0.0770. The Kier molecular flexibility index (Phi) is 8.78. The minimum Gasteiger partial charge on any atom is -0.361 e. The van der Waals surface area contributed by atoms with Gasteiger partial charge < -0.3 is 14.8 Å². The second-order valence-corrected chi connectivity index (χ2v) is 9.81. The molecule has 0 aliphatic carbocycles. The Morgan fingerprint density at radius 1 is 0.838 bits per heavy atom. The van der Waals surface area contributed by atoms with E-state index in [0.29, 0.717) is 25.2 Å². The Morgan fingerprint density at radius 2 is 1.57 bits per heavy atom. The van der Waals surface area contributed by atoms with Crippen LogP contribution >= 0.6 is 0 Å². The fourth-order valence-electron chi connectivity index (χ4n) is 4.65. The number of H-pyrrole nitrogens is 1. The van der Waals surface area contributed by atoms with Crippen LogP contribution in [0.3, 0.4) is 0 Å². The number of hydrogen-bond donors (Lipinski definition) is 1. The fraction of sp³-hybridized carbons (Fsp3) is 0.312. The van der Waals surface area contributed by atoms with Crippen LogP contribution in [0, 0.1) is 13.8 Å². The zero-order valence-electron chi connectivity index (χ0n) is 22.2. The molecule has 2 amide bonds. The molecule has 1 heterocycles. The largest absolute Gasteiger partial charge is 0.361 e. The first-order valence-corrected chi connectivity index (χ1v) is 13.2. The zero-order valence-corrected chi connectivity index (χ0v) is 22.2. The summed E-state index contributed by atoms with van der Waals surface area (Å²) in [6, 6.07) is 24.2. The number of para-hydroxylation sites is 1. The van der Waals surface area contributed by atoms with Gasteiger partial charge in [0.1, 0.15) is 6.54 Å². The van der Waals surface area contributed by atoms with Crippen LogP contribution in [0.2, 0.25) is 0 Å². The molecule has 3 aromatic carbocycles. The highest BCUT2D eigenvalue weighted by Crippen LogP contribution is 2.19. The number of rotatable bonds is 11. The molecule has 5 heteroatoms. The number of carbonyl (C=O) groups is 2. The number of carbonyl (C=O) groups excluding carboxylic acids is 2. The Hall–Kier alpha value is -3.86. The van der Waals surface area contributed by atoms with Crippen molar-refractivity contribution in [3.63, 3.8) is 0 Å². The predicted molar refractivity (Wildman–Crippen MR) is 151 cm³/mol. The van der Waals surface area contributed by atoms with Crippen molar-refractivity contribution in [2.75, 3.05) is 19.6 Å². The van der Waals surface area contributed by atoms with Gasteiger partial charge in [0, 0.05) is 42.3 Å². The summed E-state index contributed by atoms with van der Waals surface area (Å²) in [6.07, 6.45) is 4.59. The molecule has 0 atom stereocenters. The summed E-state index contributed by atoms with van der Waals surface area (Å²) in [4.78, 5) is 34.2. The molecule has 0 aliphatic heterocycles. The molecule has 5 nitrogen and oxygen atoms in total. The molecule has 4 aromatic rings. The first-order chi connectivity index (χ1) is 18.0. The van der Waals surface area contributed by atoms with E-state index in [1.165, 1.54) is 16.5 Å². The van der Waals surface area contributed by atoms with Crippen LogP contribution in [0.15, 0.2) is 79.0 Å². The van der Waals surface area contributed by atoms with E-state index >= 15 is 0 Å². The summed E-state index contributed by atoms with van der Waals surface area (Å²) in [7, 11) is 0. The first kappa shape index (κ1) is 26.2. The molecule has 0 saturated heterocycles. The molecular formula is C32H37N3O2. The van der Waals surface area contributed by atoms with Crippen molar-refractivity contribution < 1.29 is 9.59 Å². The van der Waals surface area contributed by atoms with Crippen LogP contribution in [0.4, 0.5) is 0 Å². The number of hydrogen-bond acceptors (Lipinski definition) is 2. The Morgan fingerprint density at radius 3 is 2.32 bits per heavy atom. The van der Waals surface area contributed by atoms with E-state index in [1.54, 1.807) is 4.90 Å². The standard InChI is InChI=1S/C32H37N3O2/c1-4-5-19-35(32(37)28-11-7-6-10-25(28)3)23-31(36)34(22-26-16-14-24(2)15-17-26)20-18-27-21-33-30-13-9-8-12-29(27)30/h6-17,21,33H,4-5,18-20,22-23H2,1-3H3. The highest BCUT2D eigenvalue weighted by atomic mass is 16.2. The monoisotopic (exact) mass is 495 g/mol. The van der Waals surface area contributed by atoms with E-state index < -0.39 is 0 Å². The van der Waals surface area contributed by atoms with Crippen molar-refractivity contribution >= 4 is 22.7 Å². The molecule has 0 radical (unpaired) electrons. The highest BCUT2D eigenvalue weighted by molar-refractivity contribution is 5.97. The minimum absolute atomic E-state index is 0.0292. The second kappa shape index (κ2) is 12.4. The van der Waals surface area contributed by atoms with Crippen LogP contribution in [0.25, 0.3) is 10.9 Å². The van der Waals surface area contributed by atoms with E-state index in [0.717, 1.165) is 35.9 Å².